The summed E-state index contributed by atoms with van der Waals surface area (Å²) in [7, 11) is -2.34. The van der Waals surface area contributed by atoms with E-state index in [9.17, 15) is 13.2 Å². The second-order valence-electron chi connectivity index (χ2n) is 4.53. The Morgan fingerprint density at radius 3 is 2.71 bits per heavy atom. The largest absolute Gasteiger partial charge is 0.358 e. The third-order valence-electron chi connectivity index (χ3n) is 3.24. The van der Waals surface area contributed by atoms with Gasteiger partial charge >= 0.3 is 0 Å². The van der Waals surface area contributed by atoms with Crippen LogP contribution in [0.1, 0.15) is 0 Å². The molecule has 0 aromatic heterocycles. The first kappa shape index (κ1) is 16.5. The number of hydrogen-bond donors (Lipinski definition) is 2. The second-order valence-corrected chi connectivity index (χ2v) is 7.23. The number of benzene rings is 1. The van der Waals surface area contributed by atoms with E-state index in [0.717, 1.165) is 0 Å². The van der Waals surface area contributed by atoms with Gasteiger partial charge in [-0.3, -0.25) is 4.79 Å². The quantitative estimate of drug-likeness (QED) is 0.840. The van der Waals surface area contributed by atoms with E-state index in [0.29, 0.717) is 6.54 Å². The van der Waals surface area contributed by atoms with E-state index in [1.165, 1.54) is 29.6 Å². The normalized spacial score (nSPS) is 20.2. The van der Waals surface area contributed by atoms with Crippen LogP contribution in [-0.4, -0.2) is 51.4 Å². The number of piperazine rings is 1. The van der Waals surface area contributed by atoms with E-state index in [1.54, 1.807) is 0 Å². The molecule has 1 aromatic carbocycles. The average molecular weight is 352 g/mol. The Balaban J connectivity index is 2.40. The standard InChI is InChI=1S/C12H15Cl2N3O3S/c1-15-12(18)11-7-16-4-5-17(11)21(19,20)8-2-3-9(13)10(14)6-8/h2-3,6,11,16H,4-5,7H2,1H3,(H,15,18). The van der Waals surface area contributed by atoms with Crippen molar-refractivity contribution in [3.05, 3.63) is 28.2 Å². The molecule has 2 rings (SSSR count). The van der Waals surface area contributed by atoms with Gasteiger partial charge in [0.15, 0.2) is 0 Å². The molecule has 1 unspecified atom stereocenters. The summed E-state index contributed by atoms with van der Waals surface area (Å²) in [5.41, 5.74) is 0. The van der Waals surface area contributed by atoms with Crippen molar-refractivity contribution in [3.63, 3.8) is 0 Å². The molecule has 1 atom stereocenters. The van der Waals surface area contributed by atoms with Gasteiger partial charge in [-0.25, -0.2) is 8.42 Å². The van der Waals surface area contributed by atoms with Gasteiger partial charge in [-0.15, -0.1) is 0 Å². The SMILES string of the molecule is CNC(=O)C1CNCCN1S(=O)(=O)c1ccc(Cl)c(Cl)c1. The number of nitrogens with zero attached hydrogens (tertiary/aromatic N) is 1. The molecule has 1 amide bonds. The van der Waals surface area contributed by atoms with Gasteiger partial charge in [0.1, 0.15) is 6.04 Å². The fraction of sp³-hybridized carbons (Fsp3) is 0.417. The zero-order valence-corrected chi connectivity index (χ0v) is 13.6. The highest BCUT2D eigenvalue weighted by Gasteiger charge is 2.37. The fourth-order valence-electron chi connectivity index (χ4n) is 2.14. The lowest BCUT2D eigenvalue weighted by Gasteiger charge is -2.33. The number of rotatable bonds is 3. The second kappa shape index (κ2) is 6.50. The molecule has 21 heavy (non-hydrogen) atoms. The van der Waals surface area contributed by atoms with Crippen LogP contribution in [0.5, 0.6) is 0 Å². The molecule has 1 fully saturated rings. The molecule has 1 aliphatic heterocycles. The van der Waals surface area contributed by atoms with Crippen LogP contribution < -0.4 is 10.6 Å². The van der Waals surface area contributed by atoms with Crippen molar-refractivity contribution in [2.75, 3.05) is 26.7 Å². The number of amides is 1. The molecule has 0 radical (unpaired) electrons. The van der Waals surface area contributed by atoms with Gasteiger partial charge in [-0.1, -0.05) is 23.2 Å². The molecule has 0 saturated carbocycles. The number of carbonyl (C=O) groups is 1. The Bertz CT molecular complexity index is 651. The number of carbonyl (C=O) groups excluding carboxylic acids is 1. The summed E-state index contributed by atoms with van der Waals surface area (Å²) < 4.78 is 26.6. The third kappa shape index (κ3) is 3.32. The number of halogens is 2. The maximum atomic E-state index is 12.7. The van der Waals surface area contributed by atoms with Gasteiger partial charge in [0.2, 0.25) is 15.9 Å². The van der Waals surface area contributed by atoms with E-state index in [2.05, 4.69) is 10.6 Å². The molecular weight excluding hydrogens is 337 g/mol. The lowest BCUT2D eigenvalue weighted by Crippen LogP contribution is -2.59. The van der Waals surface area contributed by atoms with Crippen molar-refractivity contribution >= 4 is 39.1 Å². The summed E-state index contributed by atoms with van der Waals surface area (Å²) in [6, 6.07) is 3.31. The molecule has 1 aliphatic rings. The Kier molecular flexibility index (Phi) is 5.11. The topological polar surface area (TPSA) is 78.5 Å². The van der Waals surface area contributed by atoms with Crippen molar-refractivity contribution in [3.8, 4) is 0 Å². The van der Waals surface area contributed by atoms with Gasteiger partial charge in [0.05, 0.1) is 14.9 Å². The van der Waals surface area contributed by atoms with Gasteiger partial charge in [0, 0.05) is 26.7 Å². The molecule has 0 spiro atoms. The van der Waals surface area contributed by atoms with Crippen molar-refractivity contribution < 1.29 is 13.2 Å². The first-order chi connectivity index (χ1) is 9.87. The van der Waals surface area contributed by atoms with Crippen LogP contribution in [-0.2, 0) is 14.8 Å². The minimum atomic E-state index is -3.82. The summed E-state index contributed by atoms with van der Waals surface area (Å²) >= 11 is 11.7. The summed E-state index contributed by atoms with van der Waals surface area (Å²) in [6.07, 6.45) is 0. The molecule has 1 aromatic rings. The van der Waals surface area contributed by atoms with Gasteiger partial charge < -0.3 is 10.6 Å². The average Bonchev–Trinajstić information content (AvgIpc) is 2.49. The van der Waals surface area contributed by atoms with Gasteiger partial charge in [0.25, 0.3) is 0 Å². The number of likely N-dealkylation sites (N-methyl/N-ethyl adjacent to an activating group) is 1. The molecule has 0 aliphatic carbocycles. The highest BCUT2D eigenvalue weighted by atomic mass is 35.5. The summed E-state index contributed by atoms with van der Waals surface area (Å²) in [5, 5.41) is 5.92. The number of nitrogens with one attached hydrogen (secondary N) is 2. The van der Waals surface area contributed by atoms with Crippen molar-refractivity contribution in [1.82, 2.24) is 14.9 Å². The van der Waals surface area contributed by atoms with Crippen molar-refractivity contribution in [2.45, 2.75) is 10.9 Å². The van der Waals surface area contributed by atoms with Crippen LogP contribution in [0.2, 0.25) is 10.0 Å². The van der Waals surface area contributed by atoms with Gasteiger partial charge in [-0.05, 0) is 18.2 Å². The van der Waals surface area contributed by atoms with Crippen LogP contribution in [0.4, 0.5) is 0 Å². The van der Waals surface area contributed by atoms with E-state index < -0.39 is 16.1 Å². The molecule has 116 valence electrons. The predicted molar refractivity (Wildman–Crippen MR) is 81.1 cm³/mol. The monoisotopic (exact) mass is 351 g/mol. The summed E-state index contributed by atoms with van der Waals surface area (Å²) in [4.78, 5) is 11.9. The van der Waals surface area contributed by atoms with E-state index in [-0.39, 0.29) is 33.9 Å². The zero-order chi connectivity index (χ0) is 15.6. The minimum absolute atomic E-state index is 0.0210. The minimum Gasteiger partial charge on any atom is -0.358 e. The van der Waals surface area contributed by atoms with E-state index >= 15 is 0 Å². The van der Waals surface area contributed by atoms with Crippen LogP contribution >= 0.6 is 23.2 Å². The molecule has 9 heteroatoms. The van der Waals surface area contributed by atoms with Crippen LogP contribution in [0.15, 0.2) is 23.1 Å². The van der Waals surface area contributed by atoms with E-state index in [4.69, 9.17) is 23.2 Å². The Morgan fingerprint density at radius 1 is 1.38 bits per heavy atom. The number of sulfonamides is 1. The van der Waals surface area contributed by atoms with Crippen LogP contribution in [0, 0.1) is 0 Å². The first-order valence-corrected chi connectivity index (χ1v) is 8.46. The molecule has 2 N–H and O–H groups in total. The molecule has 0 bridgehead atoms. The predicted octanol–water partition coefficient (Wildman–Crippen LogP) is 0.702. The molecule has 1 heterocycles. The van der Waals surface area contributed by atoms with Crippen LogP contribution in [0.25, 0.3) is 0 Å². The van der Waals surface area contributed by atoms with Crippen LogP contribution in [0.3, 0.4) is 0 Å². The first-order valence-electron chi connectivity index (χ1n) is 6.27. The third-order valence-corrected chi connectivity index (χ3v) is 5.88. The van der Waals surface area contributed by atoms with Gasteiger partial charge in [-0.2, -0.15) is 4.31 Å². The fourth-order valence-corrected chi connectivity index (χ4v) is 4.11. The number of hydrogen-bond acceptors (Lipinski definition) is 4. The molecular formula is C12H15Cl2N3O3S. The van der Waals surface area contributed by atoms with Crippen molar-refractivity contribution in [1.29, 1.82) is 0 Å². The molecule has 6 nitrogen and oxygen atoms in total. The summed E-state index contributed by atoms with van der Waals surface area (Å²) in [6.45, 7) is 0.953. The zero-order valence-electron chi connectivity index (χ0n) is 11.3. The molecule has 1 saturated heterocycles. The van der Waals surface area contributed by atoms with Crippen molar-refractivity contribution in [2.24, 2.45) is 0 Å². The lowest BCUT2D eigenvalue weighted by molar-refractivity contribution is -0.124. The lowest BCUT2D eigenvalue weighted by atomic mass is 10.2. The maximum absolute atomic E-state index is 12.7. The Labute approximate surface area is 133 Å². The smallest absolute Gasteiger partial charge is 0.243 e. The Morgan fingerprint density at radius 2 is 2.10 bits per heavy atom. The Hall–Kier alpha value is -0.860. The highest BCUT2D eigenvalue weighted by Crippen LogP contribution is 2.27. The highest BCUT2D eigenvalue weighted by molar-refractivity contribution is 7.89. The summed E-state index contributed by atoms with van der Waals surface area (Å²) in [5.74, 6) is -0.356. The maximum Gasteiger partial charge on any atom is 0.243 e. The van der Waals surface area contributed by atoms with E-state index in [1.807, 2.05) is 0 Å².